The summed E-state index contributed by atoms with van der Waals surface area (Å²) in [6, 6.07) is 3.64. The summed E-state index contributed by atoms with van der Waals surface area (Å²) >= 11 is 0. The summed E-state index contributed by atoms with van der Waals surface area (Å²) in [4.78, 5) is 3.44. The highest BCUT2D eigenvalue weighted by atomic mass is 32.2. The fraction of sp³-hybridized carbons (Fsp3) is 0.500. The Hall–Kier alpha value is -1.11. The van der Waals surface area contributed by atoms with Gasteiger partial charge in [0.2, 0.25) is 0 Å². The van der Waals surface area contributed by atoms with Crippen molar-refractivity contribution in [2.45, 2.75) is 18.3 Å². The van der Waals surface area contributed by atoms with Crippen LogP contribution in [0.4, 0.5) is 19.0 Å². The fourth-order valence-corrected chi connectivity index (χ4v) is 1.37. The molecule has 0 aliphatic carbocycles. The molecule has 1 N–H and O–H groups in total. The van der Waals surface area contributed by atoms with Crippen LogP contribution in [0.1, 0.15) is 12.6 Å². The van der Waals surface area contributed by atoms with Gasteiger partial charge in [-0.15, -0.1) is 0 Å². The first-order valence-electron chi connectivity index (χ1n) is 4.91. The molecule has 2 unspecified atom stereocenters. The van der Waals surface area contributed by atoms with Gasteiger partial charge in [-0.3, -0.25) is 4.21 Å². The van der Waals surface area contributed by atoms with Crippen LogP contribution in [0.5, 0.6) is 0 Å². The average Bonchev–Trinajstić information content (AvgIpc) is 2.25. The van der Waals surface area contributed by atoms with E-state index in [2.05, 4.69) is 10.3 Å². The monoisotopic (exact) mass is 266 g/mol. The minimum absolute atomic E-state index is 0.136. The molecule has 96 valence electrons. The van der Waals surface area contributed by atoms with Gasteiger partial charge in [0.15, 0.2) is 0 Å². The highest BCUT2D eigenvalue weighted by Crippen LogP contribution is 2.28. The SMILES string of the molecule is CC(CNc1cccc(C(F)(F)F)n1)S(C)=O. The second-order valence-corrected chi connectivity index (χ2v) is 5.40. The highest BCUT2D eigenvalue weighted by molar-refractivity contribution is 7.84. The molecule has 0 radical (unpaired) electrons. The van der Waals surface area contributed by atoms with E-state index in [1.807, 2.05) is 0 Å². The maximum Gasteiger partial charge on any atom is 0.433 e. The Kier molecular flexibility index (Phi) is 4.50. The summed E-state index contributed by atoms with van der Waals surface area (Å²) in [6.45, 7) is 2.06. The highest BCUT2D eigenvalue weighted by Gasteiger charge is 2.32. The third-order valence-corrected chi connectivity index (χ3v) is 3.48. The van der Waals surface area contributed by atoms with Crippen LogP contribution in [-0.2, 0) is 17.0 Å². The van der Waals surface area contributed by atoms with E-state index in [1.165, 1.54) is 12.1 Å². The molecule has 0 aliphatic rings. The molecule has 0 aliphatic heterocycles. The second-order valence-electron chi connectivity index (χ2n) is 3.60. The summed E-state index contributed by atoms with van der Waals surface area (Å²) < 4.78 is 48.1. The molecule has 1 aromatic heterocycles. The van der Waals surface area contributed by atoms with Crippen molar-refractivity contribution in [2.75, 3.05) is 18.1 Å². The number of halogens is 3. The van der Waals surface area contributed by atoms with Crippen LogP contribution >= 0.6 is 0 Å². The molecule has 3 nitrogen and oxygen atoms in total. The Labute approximate surface area is 99.9 Å². The van der Waals surface area contributed by atoms with E-state index in [4.69, 9.17) is 0 Å². The molecular weight excluding hydrogens is 253 g/mol. The lowest BCUT2D eigenvalue weighted by molar-refractivity contribution is -0.141. The number of alkyl halides is 3. The number of rotatable bonds is 4. The van der Waals surface area contributed by atoms with Gasteiger partial charge in [0.1, 0.15) is 11.5 Å². The minimum Gasteiger partial charge on any atom is -0.369 e. The quantitative estimate of drug-likeness (QED) is 0.909. The normalized spacial score (nSPS) is 15.4. The molecule has 17 heavy (non-hydrogen) atoms. The van der Waals surface area contributed by atoms with Crippen LogP contribution in [0.15, 0.2) is 18.2 Å². The molecule has 1 aromatic rings. The molecule has 0 aromatic carbocycles. The molecule has 1 heterocycles. The van der Waals surface area contributed by atoms with Gasteiger partial charge in [0.05, 0.1) is 0 Å². The Balaban J connectivity index is 2.70. The van der Waals surface area contributed by atoms with Crippen molar-refractivity contribution in [3.63, 3.8) is 0 Å². The minimum atomic E-state index is -4.45. The van der Waals surface area contributed by atoms with Crippen molar-refractivity contribution in [2.24, 2.45) is 0 Å². The van der Waals surface area contributed by atoms with E-state index >= 15 is 0 Å². The lowest BCUT2D eigenvalue weighted by atomic mass is 10.3. The maximum absolute atomic E-state index is 12.4. The maximum atomic E-state index is 12.4. The first kappa shape index (κ1) is 14.0. The number of pyridine rings is 1. The first-order valence-corrected chi connectivity index (χ1v) is 6.53. The van der Waals surface area contributed by atoms with Crippen molar-refractivity contribution < 1.29 is 17.4 Å². The molecule has 0 fully saturated rings. The van der Waals surface area contributed by atoms with Crippen LogP contribution in [0.25, 0.3) is 0 Å². The number of aromatic nitrogens is 1. The largest absolute Gasteiger partial charge is 0.433 e. The number of hydrogen-bond acceptors (Lipinski definition) is 3. The summed E-state index contributed by atoms with van der Waals surface area (Å²) in [6.07, 6.45) is -2.90. The molecule has 0 bridgehead atoms. The van der Waals surface area contributed by atoms with Crippen molar-refractivity contribution in [1.82, 2.24) is 4.98 Å². The number of anilines is 1. The first-order chi connectivity index (χ1) is 7.80. The van der Waals surface area contributed by atoms with Crippen LogP contribution < -0.4 is 5.32 Å². The summed E-state index contributed by atoms with van der Waals surface area (Å²) in [5, 5.41) is 2.59. The van der Waals surface area contributed by atoms with Gasteiger partial charge in [-0.25, -0.2) is 4.98 Å². The van der Waals surface area contributed by atoms with Gasteiger partial charge < -0.3 is 5.32 Å². The lowest BCUT2D eigenvalue weighted by Gasteiger charge is -2.12. The van der Waals surface area contributed by atoms with Gasteiger partial charge in [-0.1, -0.05) is 6.07 Å². The van der Waals surface area contributed by atoms with Gasteiger partial charge in [0.25, 0.3) is 0 Å². The van der Waals surface area contributed by atoms with E-state index in [9.17, 15) is 17.4 Å². The average molecular weight is 266 g/mol. The molecular formula is C10H13F3N2OS. The van der Waals surface area contributed by atoms with Crippen molar-refractivity contribution in [1.29, 1.82) is 0 Å². The molecule has 0 amide bonds. The Morgan fingerprint density at radius 3 is 2.65 bits per heavy atom. The molecule has 7 heteroatoms. The van der Waals surface area contributed by atoms with Gasteiger partial charge in [0, 0.05) is 28.9 Å². The predicted molar refractivity (Wildman–Crippen MR) is 61.3 cm³/mol. The van der Waals surface area contributed by atoms with Crippen LogP contribution in [0.3, 0.4) is 0 Å². The third kappa shape index (κ3) is 4.33. The Morgan fingerprint density at radius 2 is 2.12 bits per heavy atom. The molecule has 0 spiro atoms. The number of hydrogen-bond donors (Lipinski definition) is 1. The second kappa shape index (κ2) is 5.48. The third-order valence-electron chi connectivity index (χ3n) is 2.18. The topological polar surface area (TPSA) is 42.0 Å². The zero-order valence-electron chi connectivity index (χ0n) is 9.41. The number of nitrogens with one attached hydrogen (secondary N) is 1. The summed E-state index contributed by atoms with van der Waals surface area (Å²) in [5.41, 5.74) is -0.937. The zero-order valence-corrected chi connectivity index (χ0v) is 10.2. The molecule has 0 saturated carbocycles. The fourth-order valence-electron chi connectivity index (χ4n) is 1.06. The van der Waals surface area contributed by atoms with E-state index in [0.29, 0.717) is 6.54 Å². The van der Waals surface area contributed by atoms with E-state index < -0.39 is 22.7 Å². The zero-order chi connectivity index (χ0) is 13.1. The van der Waals surface area contributed by atoms with Crippen LogP contribution in [-0.4, -0.2) is 27.2 Å². The number of nitrogens with zero attached hydrogens (tertiary/aromatic N) is 1. The van der Waals surface area contributed by atoms with Crippen molar-refractivity contribution >= 4 is 16.6 Å². The molecule has 0 saturated heterocycles. The van der Waals surface area contributed by atoms with Crippen molar-refractivity contribution in [3.8, 4) is 0 Å². The van der Waals surface area contributed by atoms with Crippen LogP contribution in [0.2, 0.25) is 0 Å². The van der Waals surface area contributed by atoms with Gasteiger partial charge in [-0.05, 0) is 19.1 Å². The van der Waals surface area contributed by atoms with E-state index in [1.54, 1.807) is 13.2 Å². The Morgan fingerprint density at radius 1 is 1.47 bits per heavy atom. The van der Waals surface area contributed by atoms with Crippen LogP contribution in [0, 0.1) is 0 Å². The summed E-state index contributed by atoms with van der Waals surface area (Å²) in [7, 11) is -1.02. The van der Waals surface area contributed by atoms with Crippen molar-refractivity contribution in [3.05, 3.63) is 23.9 Å². The van der Waals surface area contributed by atoms with E-state index in [-0.39, 0.29) is 11.1 Å². The lowest BCUT2D eigenvalue weighted by Crippen LogP contribution is -2.21. The molecule has 2 atom stereocenters. The van der Waals surface area contributed by atoms with E-state index in [0.717, 1.165) is 6.07 Å². The summed E-state index contributed by atoms with van der Waals surface area (Å²) in [5.74, 6) is 0.136. The smallest absolute Gasteiger partial charge is 0.369 e. The Bertz CT molecular complexity index is 409. The van der Waals surface area contributed by atoms with Gasteiger partial charge >= 0.3 is 6.18 Å². The molecule has 1 rings (SSSR count). The standard InChI is InChI=1S/C10H13F3N2OS/c1-7(17(2)16)6-14-9-5-3-4-8(15-9)10(11,12)13/h3-5,7H,6H2,1-2H3,(H,14,15). The predicted octanol–water partition coefficient (Wildman–Crippen LogP) is 2.28. The van der Waals surface area contributed by atoms with Gasteiger partial charge in [-0.2, -0.15) is 13.2 Å².